The molecule has 1 aromatic carbocycles. The first-order chi connectivity index (χ1) is 10.2. The predicted molar refractivity (Wildman–Crippen MR) is 81.9 cm³/mol. The van der Waals surface area contributed by atoms with Crippen LogP contribution in [0.25, 0.3) is 0 Å². The van der Waals surface area contributed by atoms with Gasteiger partial charge in [0.2, 0.25) is 5.88 Å². The molecule has 0 radical (unpaired) electrons. The third kappa shape index (κ3) is 3.73. The van der Waals surface area contributed by atoms with E-state index in [2.05, 4.69) is 16.4 Å². The molecule has 110 valence electrons. The normalized spacial score (nSPS) is 14.0. The van der Waals surface area contributed by atoms with Crippen LogP contribution in [0.4, 0.5) is 0 Å². The average Bonchev–Trinajstić information content (AvgIpc) is 3.31. The van der Waals surface area contributed by atoms with Crippen molar-refractivity contribution in [1.29, 1.82) is 0 Å². The molecule has 0 bridgehead atoms. The quantitative estimate of drug-likeness (QED) is 0.882. The highest BCUT2D eigenvalue weighted by Gasteiger charge is 2.20. The molecule has 1 saturated carbocycles. The first-order valence-electron chi connectivity index (χ1n) is 7.26. The molecule has 4 heteroatoms. The van der Waals surface area contributed by atoms with Crippen LogP contribution in [0, 0.1) is 6.92 Å². The summed E-state index contributed by atoms with van der Waals surface area (Å²) in [6, 6.07) is 12.2. The van der Waals surface area contributed by atoms with Crippen LogP contribution in [0.3, 0.4) is 0 Å². The van der Waals surface area contributed by atoms with E-state index in [9.17, 15) is 0 Å². The smallest absolute Gasteiger partial charge is 0.219 e. The van der Waals surface area contributed by atoms with Crippen molar-refractivity contribution >= 4 is 0 Å². The molecule has 0 unspecified atom stereocenters. The molecular weight excluding hydrogens is 264 g/mol. The first kappa shape index (κ1) is 13.9. The standard InChI is InChI=1S/C17H20N2O2/c1-12-13(11-18-14-7-8-14)6-9-17(19-12)21-16-5-3-4-15(10-16)20-2/h3-6,9-10,14,18H,7-8,11H2,1-2H3. The third-order valence-electron chi connectivity index (χ3n) is 3.59. The fourth-order valence-corrected chi connectivity index (χ4v) is 2.14. The van der Waals surface area contributed by atoms with Gasteiger partial charge < -0.3 is 14.8 Å². The van der Waals surface area contributed by atoms with Crippen LogP contribution in [-0.2, 0) is 6.54 Å². The summed E-state index contributed by atoms with van der Waals surface area (Å²) in [6.45, 7) is 2.89. The highest BCUT2D eigenvalue weighted by atomic mass is 16.5. The van der Waals surface area contributed by atoms with E-state index in [4.69, 9.17) is 9.47 Å². The Balaban J connectivity index is 1.68. The van der Waals surface area contributed by atoms with E-state index >= 15 is 0 Å². The van der Waals surface area contributed by atoms with E-state index in [1.807, 2.05) is 37.3 Å². The Morgan fingerprint density at radius 1 is 1.19 bits per heavy atom. The first-order valence-corrected chi connectivity index (χ1v) is 7.26. The number of nitrogens with one attached hydrogen (secondary N) is 1. The van der Waals surface area contributed by atoms with E-state index < -0.39 is 0 Å². The fraction of sp³-hybridized carbons (Fsp3) is 0.353. The Hall–Kier alpha value is -2.07. The third-order valence-corrected chi connectivity index (χ3v) is 3.59. The molecule has 2 aromatic rings. The molecule has 1 fully saturated rings. The molecule has 1 aliphatic rings. The summed E-state index contributed by atoms with van der Waals surface area (Å²) in [5.41, 5.74) is 2.23. The number of ether oxygens (including phenoxy) is 2. The van der Waals surface area contributed by atoms with Gasteiger partial charge in [-0.05, 0) is 37.5 Å². The summed E-state index contributed by atoms with van der Waals surface area (Å²) in [5, 5.41) is 3.50. The Labute approximate surface area is 125 Å². The lowest BCUT2D eigenvalue weighted by Crippen LogP contribution is -2.16. The monoisotopic (exact) mass is 284 g/mol. The van der Waals surface area contributed by atoms with E-state index in [0.29, 0.717) is 11.9 Å². The number of aromatic nitrogens is 1. The van der Waals surface area contributed by atoms with Gasteiger partial charge in [0, 0.05) is 30.4 Å². The summed E-state index contributed by atoms with van der Waals surface area (Å²) < 4.78 is 11.0. The van der Waals surface area contributed by atoms with Gasteiger partial charge in [-0.25, -0.2) is 4.98 Å². The highest BCUT2D eigenvalue weighted by Crippen LogP contribution is 2.25. The van der Waals surface area contributed by atoms with E-state index in [1.165, 1.54) is 18.4 Å². The predicted octanol–water partition coefficient (Wildman–Crippen LogP) is 3.44. The topological polar surface area (TPSA) is 43.4 Å². The second kappa shape index (κ2) is 6.14. The van der Waals surface area contributed by atoms with Gasteiger partial charge in [0.15, 0.2) is 0 Å². The molecule has 4 nitrogen and oxygen atoms in total. The Kier molecular flexibility index (Phi) is 4.06. The molecule has 3 rings (SSSR count). The molecule has 1 aliphatic carbocycles. The van der Waals surface area contributed by atoms with Crippen LogP contribution in [-0.4, -0.2) is 18.1 Å². The van der Waals surface area contributed by atoms with Gasteiger partial charge in [-0.3, -0.25) is 0 Å². The van der Waals surface area contributed by atoms with Crippen LogP contribution in [0.15, 0.2) is 36.4 Å². The lowest BCUT2D eigenvalue weighted by Gasteiger charge is -2.10. The van der Waals surface area contributed by atoms with Gasteiger partial charge in [-0.15, -0.1) is 0 Å². The van der Waals surface area contributed by atoms with Crippen LogP contribution in [0.2, 0.25) is 0 Å². The van der Waals surface area contributed by atoms with Crippen molar-refractivity contribution in [2.45, 2.75) is 32.4 Å². The SMILES string of the molecule is COc1cccc(Oc2ccc(CNC3CC3)c(C)n2)c1. The van der Waals surface area contributed by atoms with E-state index in [0.717, 1.165) is 23.7 Å². The number of aryl methyl sites for hydroxylation is 1. The van der Waals surface area contributed by atoms with Gasteiger partial charge in [0.25, 0.3) is 0 Å². The van der Waals surface area contributed by atoms with Crippen LogP contribution < -0.4 is 14.8 Å². The van der Waals surface area contributed by atoms with Crippen LogP contribution in [0.1, 0.15) is 24.1 Å². The summed E-state index contributed by atoms with van der Waals surface area (Å²) >= 11 is 0. The molecule has 0 saturated heterocycles. The molecule has 0 aliphatic heterocycles. The van der Waals surface area contributed by atoms with Crippen molar-refractivity contribution in [3.8, 4) is 17.4 Å². The van der Waals surface area contributed by atoms with Crippen molar-refractivity contribution in [1.82, 2.24) is 10.3 Å². The maximum atomic E-state index is 5.78. The largest absolute Gasteiger partial charge is 0.497 e. The Morgan fingerprint density at radius 2 is 2.00 bits per heavy atom. The fourth-order valence-electron chi connectivity index (χ4n) is 2.14. The number of hydrogen-bond donors (Lipinski definition) is 1. The van der Waals surface area contributed by atoms with Crippen molar-refractivity contribution < 1.29 is 9.47 Å². The summed E-state index contributed by atoms with van der Waals surface area (Å²) in [6.07, 6.45) is 2.59. The average molecular weight is 284 g/mol. The minimum absolute atomic E-state index is 0.607. The molecule has 21 heavy (non-hydrogen) atoms. The number of pyridine rings is 1. The van der Waals surface area contributed by atoms with Crippen molar-refractivity contribution in [2.75, 3.05) is 7.11 Å². The zero-order chi connectivity index (χ0) is 14.7. The lowest BCUT2D eigenvalue weighted by atomic mass is 10.2. The maximum absolute atomic E-state index is 5.78. The summed E-state index contributed by atoms with van der Waals surface area (Å²) in [5.74, 6) is 2.11. The summed E-state index contributed by atoms with van der Waals surface area (Å²) in [4.78, 5) is 4.52. The molecule has 1 N–H and O–H groups in total. The molecule has 0 spiro atoms. The second-order valence-electron chi connectivity index (χ2n) is 5.33. The number of benzene rings is 1. The molecule has 0 atom stereocenters. The number of methoxy groups -OCH3 is 1. The lowest BCUT2D eigenvalue weighted by molar-refractivity contribution is 0.407. The van der Waals surface area contributed by atoms with E-state index in [1.54, 1.807) is 7.11 Å². The van der Waals surface area contributed by atoms with Gasteiger partial charge in [0.05, 0.1) is 7.11 Å². The minimum atomic E-state index is 0.607. The van der Waals surface area contributed by atoms with Gasteiger partial charge in [-0.2, -0.15) is 0 Å². The van der Waals surface area contributed by atoms with Crippen LogP contribution >= 0.6 is 0 Å². The maximum Gasteiger partial charge on any atom is 0.219 e. The summed E-state index contributed by atoms with van der Waals surface area (Å²) in [7, 11) is 1.64. The Bertz CT molecular complexity index is 624. The highest BCUT2D eigenvalue weighted by molar-refractivity contribution is 5.36. The number of hydrogen-bond acceptors (Lipinski definition) is 4. The molecular formula is C17H20N2O2. The van der Waals surface area contributed by atoms with Gasteiger partial charge >= 0.3 is 0 Å². The molecule has 0 amide bonds. The van der Waals surface area contributed by atoms with Crippen molar-refractivity contribution in [3.05, 3.63) is 47.7 Å². The van der Waals surface area contributed by atoms with Crippen molar-refractivity contribution in [2.24, 2.45) is 0 Å². The van der Waals surface area contributed by atoms with Gasteiger partial charge in [0.1, 0.15) is 11.5 Å². The van der Waals surface area contributed by atoms with Crippen molar-refractivity contribution in [3.63, 3.8) is 0 Å². The zero-order valence-corrected chi connectivity index (χ0v) is 12.4. The second-order valence-corrected chi connectivity index (χ2v) is 5.33. The number of rotatable bonds is 6. The number of nitrogens with zero attached hydrogens (tertiary/aromatic N) is 1. The molecule has 1 aromatic heterocycles. The Morgan fingerprint density at radius 3 is 2.71 bits per heavy atom. The zero-order valence-electron chi connectivity index (χ0n) is 12.4. The van der Waals surface area contributed by atoms with E-state index in [-0.39, 0.29) is 0 Å². The van der Waals surface area contributed by atoms with Gasteiger partial charge in [-0.1, -0.05) is 12.1 Å². The van der Waals surface area contributed by atoms with Crippen LogP contribution in [0.5, 0.6) is 17.4 Å². The minimum Gasteiger partial charge on any atom is -0.497 e. The molecule has 1 heterocycles.